The third kappa shape index (κ3) is 4.89. The van der Waals surface area contributed by atoms with E-state index in [1.807, 2.05) is 24.3 Å². The molecule has 0 aromatic heterocycles. The van der Waals surface area contributed by atoms with Gasteiger partial charge in [0.15, 0.2) is 0 Å². The summed E-state index contributed by atoms with van der Waals surface area (Å²) >= 11 is 0. The van der Waals surface area contributed by atoms with Crippen LogP contribution in [0.4, 0.5) is 4.79 Å². The Hall–Kier alpha value is -4.13. The lowest BCUT2D eigenvalue weighted by Crippen LogP contribution is -2.30. The Balaban J connectivity index is 1.07. The number of aromatic carboxylic acids is 1. The molecule has 3 N–H and O–H groups in total. The number of alkyl carbamates (subject to hydrolysis) is 1. The van der Waals surface area contributed by atoms with Gasteiger partial charge in [0, 0.05) is 24.9 Å². The topological polar surface area (TPSA) is 105 Å². The van der Waals surface area contributed by atoms with Crippen LogP contribution in [0.15, 0.2) is 72.8 Å². The third-order valence-corrected chi connectivity index (χ3v) is 6.75. The molecule has 1 saturated carbocycles. The summed E-state index contributed by atoms with van der Waals surface area (Å²) in [6.45, 7) is 0.899. The molecule has 3 aromatic carbocycles. The van der Waals surface area contributed by atoms with Crippen LogP contribution in [-0.2, 0) is 16.1 Å². The summed E-state index contributed by atoms with van der Waals surface area (Å²) in [5, 5.41) is 14.7. The largest absolute Gasteiger partial charge is 0.478 e. The van der Waals surface area contributed by atoms with Gasteiger partial charge in [0.1, 0.15) is 6.61 Å². The Bertz CT molecular complexity index is 1240. The van der Waals surface area contributed by atoms with E-state index in [0.717, 1.165) is 16.7 Å². The van der Waals surface area contributed by atoms with Crippen molar-refractivity contribution in [3.05, 3.63) is 95.1 Å². The fourth-order valence-corrected chi connectivity index (χ4v) is 4.79. The van der Waals surface area contributed by atoms with Gasteiger partial charge in [0.2, 0.25) is 5.91 Å². The van der Waals surface area contributed by atoms with Gasteiger partial charge in [-0.15, -0.1) is 0 Å². The fourth-order valence-electron chi connectivity index (χ4n) is 4.79. The molecule has 0 unspecified atom stereocenters. The maximum Gasteiger partial charge on any atom is 0.407 e. The van der Waals surface area contributed by atoms with E-state index in [4.69, 9.17) is 9.84 Å². The third-order valence-electron chi connectivity index (χ3n) is 6.75. The number of rotatable bonds is 8. The molecule has 2 aliphatic carbocycles. The second-order valence-corrected chi connectivity index (χ2v) is 9.03. The molecule has 0 saturated heterocycles. The Morgan fingerprint density at radius 3 is 2.26 bits per heavy atom. The highest BCUT2D eigenvalue weighted by Gasteiger charge is 2.42. The quantitative estimate of drug-likeness (QED) is 0.458. The molecule has 7 nitrogen and oxygen atoms in total. The smallest absolute Gasteiger partial charge is 0.407 e. The lowest BCUT2D eigenvalue weighted by Gasteiger charge is -2.14. The summed E-state index contributed by atoms with van der Waals surface area (Å²) < 4.78 is 5.55. The first-order chi connectivity index (χ1) is 17.0. The van der Waals surface area contributed by atoms with Gasteiger partial charge < -0.3 is 20.5 Å². The van der Waals surface area contributed by atoms with E-state index in [2.05, 4.69) is 34.9 Å². The number of carbonyl (C=O) groups is 3. The zero-order chi connectivity index (χ0) is 24.4. The van der Waals surface area contributed by atoms with Crippen LogP contribution < -0.4 is 10.6 Å². The van der Waals surface area contributed by atoms with Crippen molar-refractivity contribution in [2.75, 3.05) is 13.2 Å². The normalized spacial score (nSPS) is 17.7. The number of carboxylic acids is 1. The SMILES string of the molecule is O=C(NC[C@H]1C[C@H]1C(=O)NCc1cccc(C(=O)O)c1)OCC1c2ccccc2-c2ccccc21. The number of carbonyl (C=O) groups excluding carboxylic acids is 2. The highest BCUT2D eigenvalue weighted by molar-refractivity contribution is 5.88. The van der Waals surface area contributed by atoms with Crippen molar-refractivity contribution in [3.8, 4) is 11.1 Å². The highest BCUT2D eigenvalue weighted by Crippen LogP contribution is 2.44. The molecule has 2 aliphatic rings. The zero-order valence-electron chi connectivity index (χ0n) is 19.1. The predicted molar refractivity (Wildman–Crippen MR) is 130 cm³/mol. The molecule has 5 rings (SSSR count). The number of fused-ring (bicyclic) bond motifs is 3. The second-order valence-electron chi connectivity index (χ2n) is 9.03. The van der Waals surface area contributed by atoms with Gasteiger partial charge in [0.05, 0.1) is 5.56 Å². The Morgan fingerprint density at radius 1 is 0.886 bits per heavy atom. The summed E-state index contributed by atoms with van der Waals surface area (Å²) in [5.74, 6) is -1.18. The minimum absolute atomic E-state index is 0.00670. The number of benzene rings is 3. The summed E-state index contributed by atoms with van der Waals surface area (Å²) in [6, 6.07) is 22.9. The molecule has 178 valence electrons. The van der Waals surface area contributed by atoms with Crippen LogP contribution in [0.3, 0.4) is 0 Å². The standard InChI is InChI=1S/C28H26N2O5/c31-26(29-14-17-6-5-7-18(12-17)27(32)33)24-13-19(24)15-30-28(34)35-16-25-22-10-3-1-8-20(22)21-9-2-4-11-23(21)25/h1-12,19,24-25H,13-16H2,(H,29,31)(H,30,34)(H,32,33)/t19-,24-/m1/s1. The molecule has 7 heteroatoms. The Labute approximate surface area is 203 Å². The molecule has 0 bridgehead atoms. The molecule has 3 aromatic rings. The van der Waals surface area contributed by atoms with Crippen molar-refractivity contribution >= 4 is 18.0 Å². The first-order valence-corrected chi connectivity index (χ1v) is 11.7. The fraction of sp³-hybridized carbons (Fsp3) is 0.250. The van der Waals surface area contributed by atoms with Crippen LogP contribution in [0, 0.1) is 11.8 Å². The second kappa shape index (κ2) is 9.62. The summed E-state index contributed by atoms with van der Waals surface area (Å²) in [6.07, 6.45) is 0.216. The molecule has 2 amide bonds. The van der Waals surface area contributed by atoms with Crippen molar-refractivity contribution in [2.24, 2.45) is 11.8 Å². The van der Waals surface area contributed by atoms with E-state index in [-0.39, 0.29) is 42.4 Å². The summed E-state index contributed by atoms with van der Waals surface area (Å²) in [7, 11) is 0. The average Bonchev–Trinajstić information content (AvgIpc) is 3.60. The number of nitrogens with one attached hydrogen (secondary N) is 2. The van der Waals surface area contributed by atoms with E-state index < -0.39 is 12.1 Å². The molecule has 0 heterocycles. The average molecular weight is 471 g/mol. The van der Waals surface area contributed by atoms with E-state index >= 15 is 0 Å². The van der Waals surface area contributed by atoms with Crippen molar-refractivity contribution in [3.63, 3.8) is 0 Å². The minimum atomic E-state index is -1.00. The molecule has 2 atom stereocenters. The van der Waals surface area contributed by atoms with Crippen LogP contribution in [0.5, 0.6) is 0 Å². The first-order valence-electron chi connectivity index (χ1n) is 11.7. The van der Waals surface area contributed by atoms with Gasteiger partial charge in [0.25, 0.3) is 0 Å². The molecule has 0 spiro atoms. The highest BCUT2D eigenvalue weighted by atomic mass is 16.5. The van der Waals surface area contributed by atoms with Gasteiger partial charge in [-0.1, -0.05) is 60.7 Å². The summed E-state index contributed by atoms with van der Waals surface area (Å²) in [5.41, 5.74) is 5.60. The van der Waals surface area contributed by atoms with Crippen LogP contribution in [0.1, 0.15) is 39.4 Å². The molecule has 0 radical (unpaired) electrons. The molecule has 0 aliphatic heterocycles. The Morgan fingerprint density at radius 2 is 1.57 bits per heavy atom. The molecule has 1 fully saturated rings. The van der Waals surface area contributed by atoms with Crippen molar-refractivity contribution in [1.82, 2.24) is 10.6 Å². The van der Waals surface area contributed by atoms with Crippen LogP contribution in [-0.4, -0.2) is 36.2 Å². The molecular weight excluding hydrogens is 444 g/mol. The molecular formula is C28H26N2O5. The van der Waals surface area contributed by atoms with Crippen molar-refractivity contribution in [2.45, 2.75) is 18.9 Å². The minimum Gasteiger partial charge on any atom is -0.478 e. The van der Waals surface area contributed by atoms with Gasteiger partial charge >= 0.3 is 12.1 Å². The van der Waals surface area contributed by atoms with Gasteiger partial charge in [-0.3, -0.25) is 4.79 Å². The first kappa shape index (κ1) is 22.7. The maximum absolute atomic E-state index is 12.4. The van der Waals surface area contributed by atoms with Crippen LogP contribution >= 0.6 is 0 Å². The number of ether oxygens (including phenoxy) is 1. The zero-order valence-corrected chi connectivity index (χ0v) is 19.1. The number of hydrogen-bond acceptors (Lipinski definition) is 4. The maximum atomic E-state index is 12.4. The van der Waals surface area contributed by atoms with Crippen molar-refractivity contribution < 1.29 is 24.2 Å². The lowest BCUT2D eigenvalue weighted by atomic mass is 9.98. The lowest BCUT2D eigenvalue weighted by molar-refractivity contribution is -0.122. The Kier molecular flexibility index (Phi) is 6.23. The monoisotopic (exact) mass is 470 g/mol. The van der Waals surface area contributed by atoms with Gasteiger partial charge in [-0.2, -0.15) is 0 Å². The number of hydrogen-bond donors (Lipinski definition) is 3. The van der Waals surface area contributed by atoms with Crippen molar-refractivity contribution in [1.29, 1.82) is 0 Å². The van der Waals surface area contributed by atoms with Crippen LogP contribution in [0.25, 0.3) is 11.1 Å². The van der Waals surface area contributed by atoms with E-state index in [0.29, 0.717) is 13.0 Å². The van der Waals surface area contributed by atoms with E-state index in [1.54, 1.807) is 18.2 Å². The van der Waals surface area contributed by atoms with Crippen LogP contribution in [0.2, 0.25) is 0 Å². The van der Waals surface area contributed by atoms with E-state index in [9.17, 15) is 14.4 Å². The summed E-state index contributed by atoms with van der Waals surface area (Å²) in [4.78, 5) is 35.8. The van der Waals surface area contributed by atoms with Gasteiger partial charge in [-0.05, 0) is 52.3 Å². The number of amides is 2. The predicted octanol–water partition coefficient (Wildman–Crippen LogP) is 4.18. The van der Waals surface area contributed by atoms with E-state index in [1.165, 1.54) is 17.2 Å². The van der Waals surface area contributed by atoms with Gasteiger partial charge in [-0.25, -0.2) is 9.59 Å². The number of carboxylic acid groups (broad SMARTS) is 1. The molecule has 35 heavy (non-hydrogen) atoms.